The van der Waals surface area contributed by atoms with Gasteiger partial charge in [0.2, 0.25) is 5.91 Å². The first kappa shape index (κ1) is 13.3. The molecule has 0 aromatic heterocycles. The number of nitrogens with zero attached hydrogens (tertiary/aromatic N) is 1. The third-order valence-electron chi connectivity index (χ3n) is 3.30. The lowest BCUT2D eigenvalue weighted by atomic mass is 9.97. The van der Waals surface area contributed by atoms with Gasteiger partial charge >= 0.3 is 0 Å². The van der Waals surface area contributed by atoms with Crippen molar-refractivity contribution in [3.05, 3.63) is 29.6 Å². The van der Waals surface area contributed by atoms with Crippen molar-refractivity contribution in [3.8, 4) is 5.75 Å². The lowest BCUT2D eigenvalue weighted by molar-refractivity contribution is -0.133. The Morgan fingerprint density at radius 1 is 1.47 bits per heavy atom. The van der Waals surface area contributed by atoms with Gasteiger partial charge in [0, 0.05) is 13.1 Å². The third kappa shape index (κ3) is 2.14. The molecule has 0 aliphatic carbocycles. The highest BCUT2D eigenvalue weighted by molar-refractivity contribution is 6.01. The Hall–Kier alpha value is -2.11. The predicted molar refractivity (Wildman–Crippen MR) is 66.2 cm³/mol. The van der Waals surface area contributed by atoms with E-state index in [-0.39, 0.29) is 12.5 Å². The van der Waals surface area contributed by atoms with Crippen LogP contribution in [0.1, 0.15) is 24.2 Å². The van der Waals surface area contributed by atoms with E-state index in [0.29, 0.717) is 6.54 Å². The molecule has 6 heteroatoms. The molecule has 1 aromatic carbocycles. The molecule has 1 aliphatic heterocycles. The number of piperazine rings is 1. The highest BCUT2D eigenvalue weighted by atomic mass is 19.1. The first-order valence-corrected chi connectivity index (χ1v) is 5.93. The largest absolute Gasteiger partial charge is 0.507 e. The number of rotatable bonds is 1. The van der Waals surface area contributed by atoms with Gasteiger partial charge in [0.05, 0.1) is 0 Å². The SMILES string of the molecule is CC1(C)C(=O)NCCN1C(=O)c1c(O)cccc1F. The van der Waals surface area contributed by atoms with Crippen LogP contribution in [0.5, 0.6) is 5.75 Å². The van der Waals surface area contributed by atoms with Crippen molar-refractivity contribution in [2.45, 2.75) is 19.4 Å². The predicted octanol–water partition coefficient (Wildman–Crippen LogP) is 0.882. The minimum Gasteiger partial charge on any atom is -0.507 e. The quantitative estimate of drug-likeness (QED) is 0.793. The summed E-state index contributed by atoms with van der Waals surface area (Å²) in [4.78, 5) is 25.4. The van der Waals surface area contributed by atoms with Crippen LogP contribution in [-0.4, -0.2) is 40.4 Å². The van der Waals surface area contributed by atoms with Gasteiger partial charge in [0.15, 0.2) is 0 Å². The second kappa shape index (κ2) is 4.53. The molecule has 1 aromatic rings. The zero-order valence-corrected chi connectivity index (χ0v) is 10.7. The zero-order chi connectivity index (χ0) is 14.2. The highest BCUT2D eigenvalue weighted by Gasteiger charge is 2.41. The number of hydrogen-bond acceptors (Lipinski definition) is 3. The molecule has 1 heterocycles. The number of carbonyl (C=O) groups excluding carboxylic acids is 2. The van der Waals surface area contributed by atoms with E-state index in [1.165, 1.54) is 17.0 Å². The van der Waals surface area contributed by atoms with E-state index >= 15 is 0 Å². The number of phenolic OH excluding ortho intramolecular Hbond substituents is 1. The van der Waals surface area contributed by atoms with Crippen molar-refractivity contribution < 1.29 is 19.1 Å². The molecule has 2 N–H and O–H groups in total. The summed E-state index contributed by atoms with van der Waals surface area (Å²) in [6.07, 6.45) is 0. The summed E-state index contributed by atoms with van der Waals surface area (Å²) in [6.45, 7) is 3.74. The normalized spacial score (nSPS) is 18.1. The Balaban J connectivity index is 2.41. The van der Waals surface area contributed by atoms with Gasteiger partial charge in [-0.1, -0.05) is 6.07 Å². The molecule has 0 unspecified atom stereocenters. The van der Waals surface area contributed by atoms with Gasteiger partial charge in [-0.05, 0) is 26.0 Å². The fraction of sp³-hybridized carbons (Fsp3) is 0.385. The maximum atomic E-state index is 13.7. The van der Waals surface area contributed by atoms with E-state index in [1.807, 2.05) is 0 Å². The summed E-state index contributed by atoms with van der Waals surface area (Å²) < 4.78 is 13.7. The van der Waals surface area contributed by atoms with Crippen molar-refractivity contribution in [1.82, 2.24) is 10.2 Å². The minimum atomic E-state index is -1.08. The number of aromatic hydroxyl groups is 1. The fourth-order valence-corrected chi connectivity index (χ4v) is 2.11. The third-order valence-corrected chi connectivity index (χ3v) is 3.30. The highest BCUT2D eigenvalue weighted by Crippen LogP contribution is 2.26. The molecule has 5 nitrogen and oxygen atoms in total. The lowest BCUT2D eigenvalue weighted by Gasteiger charge is -2.41. The summed E-state index contributed by atoms with van der Waals surface area (Å²) in [5.41, 5.74) is -1.48. The van der Waals surface area contributed by atoms with Crippen molar-refractivity contribution in [2.24, 2.45) is 0 Å². The van der Waals surface area contributed by atoms with Crippen LogP contribution in [0.2, 0.25) is 0 Å². The number of phenols is 1. The van der Waals surface area contributed by atoms with E-state index in [2.05, 4.69) is 5.32 Å². The summed E-state index contributed by atoms with van der Waals surface area (Å²) in [6, 6.07) is 3.66. The van der Waals surface area contributed by atoms with E-state index in [0.717, 1.165) is 6.07 Å². The first-order chi connectivity index (χ1) is 8.85. The Bertz CT molecular complexity index is 522. The molecule has 0 bridgehead atoms. The monoisotopic (exact) mass is 266 g/mol. The molecular weight excluding hydrogens is 251 g/mol. The van der Waals surface area contributed by atoms with Gasteiger partial charge in [-0.25, -0.2) is 4.39 Å². The number of amides is 2. The number of hydrogen-bond donors (Lipinski definition) is 2. The van der Waals surface area contributed by atoms with Crippen LogP contribution in [0.25, 0.3) is 0 Å². The first-order valence-electron chi connectivity index (χ1n) is 5.93. The fourth-order valence-electron chi connectivity index (χ4n) is 2.11. The molecule has 1 fully saturated rings. The molecule has 0 radical (unpaired) electrons. The molecule has 102 valence electrons. The molecule has 0 saturated carbocycles. The standard InChI is InChI=1S/C13H15FN2O3/c1-13(2)12(19)15-6-7-16(13)11(18)10-8(14)4-3-5-9(10)17/h3-5,17H,6-7H2,1-2H3,(H,15,19). The van der Waals surface area contributed by atoms with Crippen LogP contribution in [0.4, 0.5) is 4.39 Å². The Morgan fingerprint density at radius 2 is 2.16 bits per heavy atom. The zero-order valence-electron chi connectivity index (χ0n) is 10.7. The van der Waals surface area contributed by atoms with Gasteiger partial charge in [-0.15, -0.1) is 0 Å². The second-order valence-electron chi connectivity index (χ2n) is 4.91. The summed E-state index contributed by atoms with van der Waals surface area (Å²) in [5.74, 6) is -2.21. The summed E-state index contributed by atoms with van der Waals surface area (Å²) in [5, 5.41) is 12.3. The van der Waals surface area contributed by atoms with Crippen molar-refractivity contribution in [2.75, 3.05) is 13.1 Å². The van der Waals surface area contributed by atoms with Crippen molar-refractivity contribution in [1.29, 1.82) is 0 Å². The van der Waals surface area contributed by atoms with E-state index in [1.54, 1.807) is 13.8 Å². The molecule has 1 saturated heterocycles. The maximum absolute atomic E-state index is 13.7. The van der Waals surface area contributed by atoms with Crippen LogP contribution < -0.4 is 5.32 Å². The minimum absolute atomic E-state index is 0.269. The van der Waals surface area contributed by atoms with Crippen molar-refractivity contribution >= 4 is 11.8 Å². The van der Waals surface area contributed by atoms with Crippen LogP contribution in [0.15, 0.2) is 18.2 Å². The number of benzene rings is 1. The van der Waals surface area contributed by atoms with Crippen LogP contribution in [-0.2, 0) is 4.79 Å². The van der Waals surface area contributed by atoms with Gasteiger partial charge in [0.1, 0.15) is 22.7 Å². The smallest absolute Gasteiger partial charge is 0.261 e. The molecular formula is C13H15FN2O3. The van der Waals surface area contributed by atoms with E-state index in [4.69, 9.17) is 0 Å². The summed E-state index contributed by atoms with van der Waals surface area (Å²) >= 11 is 0. The van der Waals surface area contributed by atoms with E-state index in [9.17, 15) is 19.1 Å². The molecule has 0 atom stereocenters. The average Bonchev–Trinajstić information content (AvgIpc) is 2.32. The topological polar surface area (TPSA) is 69.6 Å². The summed E-state index contributed by atoms with van der Waals surface area (Å²) in [7, 11) is 0. The van der Waals surface area contributed by atoms with Crippen LogP contribution in [0.3, 0.4) is 0 Å². The maximum Gasteiger partial charge on any atom is 0.261 e. The second-order valence-corrected chi connectivity index (χ2v) is 4.91. The van der Waals surface area contributed by atoms with E-state index < -0.39 is 28.6 Å². The Labute approximate surface area is 110 Å². The Morgan fingerprint density at radius 3 is 2.79 bits per heavy atom. The molecule has 2 amide bonds. The number of carbonyl (C=O) groups is 2. The van der Waals surface area contributed by atoms with Gasteiger partial charge in [-0.3, -0.25) is 9.59 Å². The van der Waals surface area contributed by atoms with Crippen LogP contribution >= 0.6 is 0 Å². The van der Waals surface area contributed by atoms with Crippen molar-refractivity contribution in [3.63, 3.8) is 0 Å². The van der Waals surface area contributed by atoms with Gasteiger partial charge in [0.25, 0.3) is 5.91 Å². The molecule has 19 heavy (non-hydrogen) atoms. The molecule has 2 rings (SSSR count). The lowest BCUT2D eigenvalue weighted by Crippen LogP contribution is -2.63. The average molecular weight is 266 g/mol. The number of halogens is 1. The molecule has 0 spiro atoms. The van der Waals surface area contributed by atoms with Gasteiger partial charge < -0.3 is 15.3 Å². The Kier molecular flexibility index (Phi) is 3.18. The van der Waals surface area contributed by atoms with Crippen LogP contribution in [0, 0.1) is 5.82 Å². The van der Waals surface area contributed by atoms with Gasteiger partial charge in [-0.2, -0.15) is 0 Å². The molecule has 1 aliphatic rings. The number of nitrogens with one attached hydrogen (secondary N) is 1.